The van der Waals surface area contributed by atoms with E-state index in [0.717, 1.165) is 26.9 Å². The number of amides is 1. The number of rotatable bonds is 3. The largest absolute Gasteiger partial charge is 0.288 e. The first-order valence-corrected chi connectivity index (χ1v) is 8.47. The molecule has 6 nitrogen and oxygen atoms in total. The monoisotopic (exact) mass is 350 g/mol. The Morgan fingerprint density at radius 1 is 1.16 bits per heavy atom. The zero-order valence-electron chi connectivity index (χ0n) is 13.1. The summed E-state index contributed by atoms with van der Waals surface area (Å²) in [7, 11) is 0. The van der Waals surface area contributed by atoms with Crippen LogP contribution in [0.1, 0.15) is 15.9 Å². The van der Waals surface area contributed by atoms with E-state index in [1.165, 1.54) is 0 Å². The van der Waals surface area contributed by atoms with Gasteiger partial charge in [0.05, 0.1) is 17.1 Å². The third kappa shape index (κ3) is 3.07. The molecule has 25 heavy (non-hydrogen) atoms. The molecule has 2 aliphatic heterocycles. The van der Waals surface area contributed by atoms with Crippen LogP contribution in [0.25, 0.3) is 0 Å². The van der Waals surface area contributed by atoms with E-state index in [4.69, 9.17) is 10.2 Å². The molecule has 0 spiro atoms. The van der Waals surface area contributed by atoms with Gasteiger partial charge in [-0.05, 0) is 35.9 Å². The Balaban J connectivity index is 1.59. The number of nitrogens with zero attached hydrogens (tertiary/aromatic N) is 3. The Bertz CT molecular complexity index is 919. The van der Waals surface area contributed by atoms with Gasteiger partial charge >= 0.3 is 0 Å². The second-order valence-electron chi connectivity index (χ2n) is 5.50. The molecule has 7 heteroatoms. The van der Waals surface area contributed by atoms with Crippen LogP contribution in [0.2, 0.25) is 0 Å². The third-order valence-electron chi connectivity index (χ3n) is 3.86. The van der Waals surface area contributed by atoms with Crippen LogP contribution in [0.15, 0.2) is 74.5 Å². The molecule has 0 atom stereocenters. The first-order valence-electron chi connectivity index (χ1n) is 7.66. The molecule has 0 unspecified atom stereocenters. The predicted molar refractivity (Wildman–Crippen MR) is 97.2 cm³/mol. The zero-order valence-corrected chi connectivity index (χ0v) is 13.9. The molecular formula is C18H14N4O2S. The quantitative estimate of drug-likeness (QED) is 0.657. The second-order valence-corrected chi connectivity index (χ2v) is 6.58. The van der Waals surface area contributed by atoms with Crippen molar-refractivity contribution in [1.82, 2.24) is 10.5 Å². The number of benzene rings is 2. The smallest absolute Gasteiger partial charge is 0.274 e. The number of hydrogen-bond acceptors (Lipinski definition) is 6. The third-order valence-corrected chi connectivity index (χ3v) is 4.96. The minimum absolute atomic E-state index is 0.397. The molecule has 2 heterocycles. The highest BCUT2D eigenvalue weighted by atomic mass is 32.2. The average molecular weight is 350 g/mol. The molecule has 2 N–H and O–H groups in total. The number of carbonyl (C=O) groups excluding carboxylic acids is 1. The molecule has 0 bridgehead atoms. The van der Waals surface area contributed by atoms with Crippen LogP contribution in [0.3, 0.4) is 0 Å². The van der Waals surface area contributed by atoms with Crippen molar-refractivity contribution in [1.29, 1.82) is 0 Å². The summed E-state index contributed by atoms with van der Waals surface area (Å²) in [6.45, 7) is 0.538. The van der Waals surface area contributed by atoms with Gasteiger partial charge in [0.1, 0.15) is 0 Å². The van der Waals surface area contributed by atoms with Crippen molar-refractivity contribution in [3.8, 4) is 0 Å². The summed E-state index contributed by atoms with van der Waals surface area (Å²) in [5.41, 5.74) is 3.95. The Labute approximate surface area is 148 Å². The molecule has 124 valence electrons. The summed E-state index contributed by atoms with van der Waals surface area (Å²) in [6.07, 6.45) is 3.73. The van der Waals surface area contributed by atoms with E-state index >= 15 is 0 Å². The number of hydrogen-bond donors (Lipinski definition) is 2. The van der Waals surface area contributed by atoms with Crippen molar-refractivity contribution in [2.24, 2.45) is 10.1 Å². The number of nitrogens with one attached hydrogen (secondary N) is 1. The maximum Gasteiger partial charge on any atom is 0.274 e. The van der Waals surface area contributed by atoms with E-state index in [1.807, 2.05) is 41.4 Å². The molecule has 0 radical (unpaired) electrons. The summed E-state index contributed by atoms with van der Waals surface area (Å²) in [5.74, 6) is 0.292. The molecule has 2 aromatic rings. The van der Waals surface area contributed by atoms with E-state index in [-0.39, 0.29) is 0 Å². The summed E-state index contributed by atoms with van der Waals surface area (Å²) in [4.78, 5) is 18.3. The van der Waals surface area contributed by atoms with E-state index in [1.54, 1.807) is 35.6 Å². The van der Waals surface area contributed by atoms with Crippen LogP contribution in [0.4, 0.5) is 5.69 Å². The van der Waals surface area contributed by atoms with Gasteiger partial charge in [0.25, 0.3) is 5.91 Å². The van der Waals surface area contributed by atoms with Gasteiger partial charge in [-0.15, -0.1) is 0 Å². The Kier molecular flexibility index (Phi) is 4.09. The van der Waals surface area contributed by atoms with Crippen molar-refractivity contribution >= 4 is 35.4 Å². The van der Waals surface area contributed by atoms with Gasteiger partial charge in [-0.3, -0.25) is 10.0 Å². The molecule has 0 saturated carbocycles. The lowest BCUT2D eigenvalue weighted by molar-refractivity contribution is 0.0706. The van der Waals surface area contributed by atoms with Gasteiger partial charge in [0.15, 0.2) is 5.84 Å². The van der Waals surface area contributed by atoms with E-state index < -0.39 is 5.91 Å². The Hall–Kier alpha value is -2.90. The number of amidine groups is 1. The molecule has 0 saturated heterocycles. The Morgan fingerprint density at radius 2 is 1.96 bits per heavy atom. The van der Waals surface area contributed by atoms with Crippen molar-refractivity contribution < 1.29 is 10.0 Å². The van der Waals surface area contributed by atoms with Crippen molar-refractivity contribution in [2.45, 2.75) is 11.4 Å². The number of fused-ring (bicyclic) bond motifs is 2. The van der Waals surface area contributed by atoms with E-state index in [0.29, 0.717) is 12.1 Å². The molecule has 0 fully saturated rings. The van der Waals surface area contributed by atoms with Gasteiger partial charge in [-0.1, -0.05) is 36.0 Å². The van der Waals surface area contributed by atoms with Gasteiger partial charge in [-0.2, -0.15) is 5.10 Å². The van der Waals surface area contributed by atoms with Crippen LogP contribution >= 0.6 is 11.8 Å². The van der Waals surface area contributed by atoms with Gasteiger partial charge < -0.3 is 0 Å². The predicted octanol–water partition coefficient (Wildman–Crippen LogP) is 3.33. The normalized spacial score (nSPS) is 15.0. The number of thioether (sulfide) groups is 1. The van der Waals surface area contributed by atoms with E-state index in [9.17, 15) is 4.79 Å². The standard InChI is InChI=1S/C18H14N4O2S/c23-18(21-24)13-7-5-12(6-8-13)11-22-17-16(9-10-19-22)25-15-4-2-1-3-14(15)20-17/h1-10,24H,11H2,(H,21,23). The zero-order chi connectivity index (χ0) is 17.2. The van der Waals surface area contributed by atoms with Gasteiger partial charge in [-0.25, -0.2) is 15.5 Å². The van der Waals surface area contributed by atoms with E-state index in [2.05, 4.69) is 11.2 Å². The highest BCUT2D eigenvalue weighted by Crippen LogP contribution is 2.41. The van der Waals surface area contributed by atoms with Crippen LogP contribution in [0, 0.1) is 0 Å². The summed E-state index contributed by atoms with van der Waals surface area (Å²) < 4.78 is 0. The summed E-state index contributed by atoms with van der Waals surface area (Å²) in [5, 5.41) is 14.9. The van der Waals surface area contributed by atoms with Crippen molar-refractivity contribution in [3.63, 3.8) is 0 Å². The maximum absolute atomic E-state index is 11.4. The number of allylic oxidation sites excluding steroid dienone is 1. The van der Waals surface area contributed by atoms with Crippen molar-refractivity contribution in [3.05, 3.63) is 70.6 Å². The molecule has 0 aromatic heterocycles. The minimum atomic E-state index is -0.530. The lowest BCUT2D eigenvalue weighted by atomic mass is 10.1. The average Bonchev–Trinajstić information content (AvgIpc) is 2.67. The first kappa shape index (κ1) is 15.6. The fraction of sp³-hybridized carbons (Fsp3) is 0.0556. The van der Waals surface area contributed by atoms with Gasteiger partial charge in [0.2, 0.25) is 0 Å². The lowest BCUT2D eigenvalue weighted by Crippen LogP contribution is -2.29. The molecule has 4 rings (SSSR count). The number of para-hydroxylation sites is 1. The highest BCUT2D eigenvalue weighted by molar-refractivity contribution is 8.04. The summed E-state index contributed by atoms with van der Waals surface area (Å²) in [6, 6.07) is 15.0. The molecule has 0 aliphatic carbocycles. The molecular weight excluding hydrogens is 336 g/mol. The first-order chi connectivity index (χ1) is 12.2. The number of aliphatic imine (C=N–C) groups is 1. The second kappa shape index (κ2) is 6.54. The number of hydrazone groups is 1. The number of carbonyl (C=O) groups is 1. The maximum atomic E-state index is 11.4. The topological polar surface area (TPSA) is 77.3 Å². The fourth-order valence-corrected chi connectivity index (χ4v) is 3.59. The molecule has 1 amide bonds. The van der Waals surface area contributed by atoms with Crippen LogP contribution in [-0.4, -0.2) is 28.2 Å². The van der Waals surface area contributed by atoms with Crippen molar-refractivity contribution in [2.75, 3.05) is 0 Å². The highest BCUT2D eigenvalue weighted by Gasteiger charge is 2.24. The Morgan fingerprint density at radius 3 is 2.76 bits per heavy atom. The molecule has 2 aromatic carbocycles. The number of hydroxylamine groups is 1. The SMILES string of the molecule is O=C(NO)c1ccc(CN2N=CC=C3Sc4ccccc4N=C32)cc1. The lowest BCUT2D eigenvalue weighted by Gasteiger charge is -2.28. The van der Waals surface area contributed by atoms with Crippen LogP contribution < -0.4 is 5.48 Å². The minimum Gasteiger partial charge on any atom is -0.288 e. The molecule has 2 aliphatic rings. The van der Waals surface area contributed by atoms with Crippen LogP contribution in [-0.2, 0) is 6.54 Å². The fourth-order valence-electron chi connectivity index (χ4n) is 2.61. The van der Waals surface area contributed by atoms with Crippen LogP contribution in [0.5, 0.6) is 0 Å². The summed E-state index contributed by atoms with van der Waals surface area (Å²) >= 11 is 1.68. The van der Waals surface area contributed by atoms with Gasteiger partial charge in [0, 0.05) is 16.7 Å².